The quantitative estimate of drug-likeness (QED) is 0.490. The van der Waals surface area contributed by atoms with Crippen molar-refractivity contribution in [2.24, 2.45) is 20.0 Å². The molecule has 10 nitrogen and oxygen atoms in total. The van der Waals surface area contributed by atoms with Gasteiger partial charge in [0.2, 0.25) is 0 Å². The minimum absolute atomic E-state index is 0.448. The first-order valence-corrected chi connectivity index (χ1v) is 7.54. The average Bonchev–Trinajstić information content (AvgIpc) is 3.04. The van der Waals surface area contributed by atoms with Crippen LogP contribution in [0.1, 0.15) is 0 Å². The van der Waals surface area contributed by atoms with Crippen molar-refractivity contribution in [3.8, 4) is 0 Å². The Hall–Kier alpha value is -1.66. The molecule has 0 aromatic rings. The van der Waals surface area contributed by atoms with Gasteiger partial charge in [0, 0.05) is 0 Å². The van der Waals surface area contributed by atoms with E-state index < -0.39 is 41.9 Å². The Labute approximate surface area is 134 Å². The van der Waals surface area contributed by atoms with E-state index in [1.807, 2.05) is 0 Å². The summed E-state index contributed by atoms with van der Waals surface area (Å²) in [5, 5.41) is 30.3. The van der Waals surface area contributed by atoms with E-state index in [2.05, 4.69) is 24.7 Å². The fraction of sp³-hybridized carbons (Fsp3) is 0.583. The second-order valence-electron chi connectivity index (χ2n) is 4.90. The second-order valence-corrected chi connectivity index (χ2v) is 6.02. The zero-order valence-electron chi connectivity index (χ0n) is 11.9. The van der Waals surface area contributed by atoms with Crippen molar-refractivity contribution in [2.75, 3.05) is 7.11 Å². The predicted molar refractivity (Wildman–Crippen MR) is 81.9 cm³/mol. The zero-order chi connectivity index (χ0) is 16.6. The van der Waals surface area contributed by atoms with Crippen LogP contribution in [0.2, 0.25) is 0 Å². The molecule has 0 aliphatic carbocycles. The molecule has 1 fully saturated rings. The van der Waals surface area contributed by atoms with Crippen LogP contribution in [-0.2, 0) is 14.3 Å². The number of hydrogen-bond acceptors (Lipinski definition) is 11. The van der Waals surface area contributed by atoms with Crippen LogP contribution in [0.25, 0.3) is 0 Å². The summed E-state index contributed by atoms with van der Waals surface area (Å²) in [7, 11) is 1.13. The number of methoxy groups -OCH3 is 1. The lowest BCUT2D eigenvalue weighted by molar-refractivity contribution is -0.210. The molecule has 124 valence electrons. The van der Waals surface area contributed by atoms with Crippen molar-refractivity contribution < 1.29 is 29.6 Å². The van der Waals surface area contributed by atoms with Gasteiger partial charge in [0.05, 0.1) is 7.11 Å². The van der Waals surface area contributed by atoms with Crippen molar-refractivity contribution in [1.29, 1.82) is 0 Å². The van der Waals surface area contributed by atoms with Gasteiger partial charge in [0.15, 0.2) is 18.0 Å². The number of aliphatic hydroxyl groups is 3. The molecule has 0 bridgehead atoms. The average molecular weight is 342 g/mol. The van der Waals surface area contributed by atoms with Crippen LogP contribution in [0.4, 0.5) is 0 Å². The fourth-order valence-electron chi connectivity index (χ4n) is 2.26. The van der Waals surface area contributed by atoms with Gasteiger partial charge in [0.1, 0.15) is 41.5 Å². The molecule has 0 radical (unpaired) electrons. The van der Waals surface area contributed by atoms with Gasteiger partial charge in [-0.25, -0.2) is 19.8 Å². The highest BCUT2D eigenvalue weighted by molar-refractivity contribution is 8.14. The zero-order valence-corrected chi connectivity index (χ0v) is 12.7. The molecule has 0 aromatic carbocycles. The van der Waals surface area contributed by atoms with Crippen molar-refractivity contribution in [3.63, 3.8) is 0 Å². The number of carbonyl (C=O) groups excluding carboxylic acids is 1. The fourth-order valence-corrected chi connectivity index (χ4v) is 3.38. The number of carbonyl (C=O) groups is 1. The Balaban J connectivity index is 1.77. The van der Waals surface area contributed by atoms with Gasteiger partial charge in [-0.2, -0.15) is 0 Å². The first-order valence-electron chi connectivity index (χ1n) is 6.66. The van der Waals surface area contributed by atoms with Crippen LogP contribution in [-0.4, -0.2) is 87.8 Å². The summed E-state index contributed by atoms with van der Waals surface area (Å²) in [4.78, 5) is 27.8. The number of hydrogen-bond donors (Lipinski definition) is 3. The van der Waals surface area contributed by atoms with Crippen LogP contribution in [0.15, 0.2) is 20.0 Å². The third-order valence-corrected chi connectivity index (χ3v) is 4.69. The van der Waals surface area contributed by atoms with Crippen LogP contribution in [0, 0.1) is 0 Å². The molecule has 0 saturated carbocycles. The molecule has 3 aliphatic heterocycles. The minimum atomic E-state index is -1.59. The van der Waals surface area contributed by atoms with Gasteiger partial charge in [-0.3, -0.25) is 4.99 Å². The van der Waals surface area contributed by atoms with Crippen molar-refractivity contribution in [3.05, 3.63) is 0 Å². The number of ether oxygens (including phenoxy) is 2. The monoisotopic (exact) mass is 342 g/mol. The number of nitrogens with zero attached hydrogens (tertiary/aromatic N) is 4. The third kappa shape index (κ3) is 2.93. The number of rotatable bonds is 2. The summed E-state index contributed by atoms with van der Waals surface area (Å²) >= 11 is 0.977. The summed E-state index contributed by atoms with van der Waals surface area (Å²) in [5.74, 6) is -0.389. The van der Waals surface area contributed by atoms with E-state index in [9.17, 15) is 20.1 Å². The minimum Gasteiger partial charge on any atom is -0.467 e. The number of esters is 1. The van der Waals surface area contributed by atoms with E-state index in [-0.39, 0.29) is 0 Å². The lowest BCUT2D eigenvalue weighted by Gasteiger charge is -2.39. The molecule has 1 saturated heterocycles. The lowest BCUT2D eigenvalue weighted by atomic mass is 10.00. The molecule has 11 heteroatoms. The van der Waals surface area contributed by atoms with E-state index in [1.165, 1.54) is 12.7 Å². The topological polar surface area (TPSA) is 146 Å². The SMILES string of the molecule is COC(=O)C1OC(SC2=NC=NC3=NC=NC32)C(O)C(O)C1O. The van der Waals surface area contributed by atoms with Crippen LogP contribution in [0.5, 0.6) is 0 Å². The highest BCUT2D eigenvalue weighted by atomic mass is 32.2. The van der Waals surface area contributed by atoms with Crippen LogP contribution in [0.3, 0.4) is 0 Å². The molecular formula is C12H14N4O6S. The van der Waals surface area contributed by atoms with Gasteiger partial charge in [-0.15, -0.1) is 0 Å². The summed E-state index contributed by atoms with van der Waals surface area (Å²) in [5.41, 5.74) is -1.04. The highest BCUT2D eigenvalue weighted by Gasteiger charge is 2.48. The standard InChI is InChI=1S/C12H14N4O6S/c1-21-11(20)8-6(18)5(17)7(19)12(22-8)23-10-4-9(14-2-13-4)15-3-16-10/h2-8,12,17-19H,1H3. The molecule has 3 heterocycles. The lowest BCUT2D eigenvalue weighted by Crippen LogP contribution is -2.59. The van der Waals surface area contributed by atoms with Crippen molar-refractivity contribution >= 4 is 41.3 Å². The van der Waals surface area contributed by atoms with Crippen molar-refractivity contribution in [1.82, 2.24) is 0 Å². The number of amidine groups is 1. The van der Waals surface area contributed by atoms with Crippen molar-refractivity contribution in [2.45, 2.75) is 35.9 Å². The van der Waals surface area contributed by atoms with Gasteiger partial charge in [-0.1, -0.05) is 11.8 Å². The normalized spacial score (nSPS) is 38.8. The predicted octanol–water partition coefficient (Wildman–Crippen LogP) is -2.05. The summed E-state index contributed by atoms with van der Waals surface area (Å²) in [6.45, 7) is 0. The highest BCUT2D eigenvalue weighted by Crippen LogP contribution is 2.32. The molecule has 0 amide bonds. The molecular weight excluding hydrogens is 328 g/mol. The van der Waals surface area contributed by atoms with Gasteiger partial charge in [0.25, 0.3) is 0 Å². The van der Waals surface area contributed by atoms with Gasteiger partial charge < -0.3 is 24.8 Å². The van der Waals surface area contributed by atoms with Crippen LogP contribution >= 0.6 is 11.8 Å². The van der Waals surface area contributed by atoms with Gasteiger partial charge >= 0.3 is 5.97 Å². The van der Waals surface area contributed by atoms with E-state index in [4.69, 9.17) is 4.74 Å². The number of aliphatic hydroxyl groups excluding tert-OH is 3. The maximum absolute atomic E-state index is 11.6. The van der Waals surface area contributed by atoms with E-state index >= 15 is 0 Å². The second kappa shape index (κ2) is 6.45. The first kappa shape index (κ1) is 16.2. The molecule has 0 aromatic heterocycles. The molecule has 6 atom stereocenters. The third-order valence-electron chi connectivity index (χ3n) is 3.50. The van der Waals surface area contributed by atoms with Crippen LogP contribution < -0.4 is 0 Å². The summed E-state index contributed by atoms with van der Waals surface area (Å²) in [6.07, 6.45) is -3.34. The maximum atomic E-state index is 11.6. The Morgan fingerprint density at radius 3 is 2.74 bits per heavy atom. The molecule has 3 N–H and O–H groups in total. The smallest absolute Gasteiger partial charge is 0.337 e. The van der Waals surface area contributed by atoms with Gasteiger partial charge in [-0.05, 0) is 0 Å². The Bertz CT molecular complexity index is 621. The molecule has 3 rings (SSSR count). The molecule has 3 aliphatic rings. The molecule has 6 unspecified atom stereocenters. The Kier molecular flexibility index (Phi) is 4.55. The summed E-state index contributed by atoms with van der Waals surface area (Å²) in [6, 6.07) is -0.499. The van der Waals surface area contributed by atoms with E-state index in [1.54, 1.807) is 0 Å². The van der Waals surface area contributed by atoms with E-state index in [0.717, 1.165) is 18.9 Å². The first-order chi connectivity index (χ1) is 11.0. The van der Waals surface area contributed by atoms with E-state index in [0.29, 0.717) is 10.9 Å². The number of thioether (sulfide) groups is 1. The summed E-state index contributed by atoms with van der Waals surface area (Å²) < 4.78 is 9.93. The Morgan fingerprint density at radius 1 is 1.22 bits per heavy atom. The number of fused-ring (bicyclic) bond motifs is 1. The Morgan fingerprint density at radius 2 is 2.00 bits per heavy atom. The number of aliphatic imine (C=N–C) groups is 4. The maximum Gasteiger partial charge on any atom is 0.337 e. The molecule has 23 heavy (non-hydrogen) atoms. The molecule has 0 spiro atoms. The largest absolute Gasteiger partial charge is 0.467 e.